The molecule has 2 rings (SSSR count). The van der Waals surface area contributed by atoms with Gasteiger partial charge in [-0.05, 0) is 18.2 Å². The van der Waals surface area contributed by atoms with Gasteiger partial charge < -0.3 is 0 Å². The molecule has 3 nitrogen and oxygen atoms in total. The molecule has 1 heterocycles. The monoisotopic (exact) mass is 263 g/mol. The number of nitriles is 1. The number of hydrogen-bond donors (Lipinski definition) is 0. The maximum Gasteiger partial charge on any atom is 0.116 e. The number of benzene rings is 1. The Balaban J connectivity index is 2.56. The summed E-state index contributed by atoms with van der Waals surface area (Å²) in [5.41, 5.74) is 2.23. The van der Waals surface area contributed by atoms with E-state index in [9.17, 15) is 0 Å². The molecular weight excluding hydrogens is 257 g/mol. The first kappa shape index (κ1) is 11.8. The molecule has 1 aromatic carbocycles. The molecule has 0 fully saturated rings. The van der Waals surface area contributed by atoms with E-state index in [0.29, 0.717) is 15.7 Å². The Morgan fingerprint density at radius 2 is 1.88 bits per heavy atom. The highest BCUT2D eigenvalue weighted by Crippen LogP contribution is 2.27. The van der Waals surface area contributed by atoms with E-state index in [0.717, 1.165) is 11.1 Å². The summed E-state index contributed by atoms with van der Waals surface area (Å²) in [4.78, 5) is 8.08. The molecule has 0 saturated heterocycles. The molecular formula is C12H7Cl2N3. The van der Waals surface area contributed by atoms with Crippen molar-refractivity contribution >= 4 is 23.2 Å². The van der Waals surface area contributed by atoms with Crippen LogP contribution in [0.5, 0.6) is 0 Å². The highest BCUT2D eigenvalue weighted by atomic mass is 35.5. The summed E-state index contributed by atoms with van der Waals surface area (Å²) in [5.74, 6) is 0. The van der Waals surface area contributed by atoms with Gasteiger partial charge in [0.1, 0.15) is 6.33 Å². The van der Waals surface area contributed by atoms with Gasteiger partial charge in [0.05, 0.1) is 18.2 Å². The van der Waals surface area contributed by atoms with E-state index in [1.807, 2.05) is 0 Å². The molecule has 5 heteroatoms. The van der Waals surface area contributed by atoms with E-state index < -0.39 is 0 Å². The fourth-order valence-corrected chi connectivity index (χ4v) is 2.05. The lowest BCUT2D eigenvalue weighted by molar-refractivity contribution is 1.10. The third kappa shape index (κ3) is 2.73. The summed E-state index contributed by atoms with van der Waals surface area (Å²) in [6.45, 7) is 0. The summed E-state index contributed by atoms with van der Waals surface area (Å²) >= 11 is 11.9. The van der Waals surface area contributed by atoms with Crippen LogP contribution in [-0.2, 0) is 6.42 Å². The van der Waals surface area contributed by atoms with Crippen LogP contribution in [0.3, 0.4) is 0 Å². The fourth-order valence-electron chi connectivity index (χ4n) is 1.52. The molecule has 0 N–H and O–H groups in total. The van der Waals surface area contributed by atoms with E-state index in [4.69, 9.17) is 28.5 Å². The quantitative estimate of drug-likeness (QED) is 0.833. The van der Waals surface area contributed by atoms with Crippen LogP contribution in [0.4, 0.5) is 0 Å². The number of nitrogens with zero attached hydrogens (tertiary/aromatic N) is 3. The lowest BCUT2D eigenvalue weighted by Crippen LogP contribution is -1.93. The second-order valence-electron chi connectivity index (χ2n) is 3.39. The lowest BCUT2D eigenvalue weighted by atomic mass is 10.1. The minimum absolute atomic E-state index is 0.250. The second kappa shape index (κ2) is 5.13. The van der Waals surface area contributed by atoms with Gasteiger partial charge in [-0.15, -0.1) is 0 Å². The summed E-state index contributed by atoms with van der Waals surface area (Å²) in [6, 6.07) is 7.25. The van der Waals surface area contributed by atoms with Gasteiger partial charge in [-0.3, -0.25) is 0 Å². The van der Waals surface area contributed by atoms with E-state index in [-0.39, 0.29) is 6.42 Å². The Hall–Kier alpha value is -1.63. The predicted octanol–water partition coefficient (Wildman–Crippen LogP) is 3.52. The molecule has 0 radical (unpaired) electrons. The van der Waals surface area contributed by atoms with Crippen molar-refractivity contribution in [2.45, 2.75) is 6.42 Å². The zero-order chi connectivity index (χ0) is 12.3. The number of aromatic nitrogens is 2. The average molecular weight is 264 g/mol. The summed E-state index contributed by atoms with van der Waals surface area (Å²) in [6.07, 6.45) is 3.31. The normalized spacial score (nSPS) is 9.94. The van der Waals surface area contributed by atoms with Crippen molar-refractivity contribution < 1.29 is 0 Å². The van der Waals surface area contributed by atoms with Crippen molar-refractivity contribution in [3.63, 3.8) is 0 Å². The fraction of sp³-hybridized carbons (Fsp3) is 0.0833. The van der Waals surface area contributed by atoms with Gasteiger partial charge in [0.2, 0.25) is 0 Å². The van der Waals surface area contributed by atoms with E-state index in [2.05, 4.69) is 16.0 Å². The van der Waals surface area contributed by atoms with Crippen LogP contribution in [0.1, 0.15) is 5.56 Å². The molecule has 0 spiro atoms. The average Bonchev–Trinajstić information content (AvgIpc) is 2.29. The maximum atomic E-state index is 8.74. The van der Waals surface area contributed by atoms with Crippen LogP contribution in [0.25, 0.3) is 11.3 Å². The Bertz CT molecular complexity index is 570. The van der Waals surface area contributed by atoms with Crippen LogP contribution in [0.15, 0.2) is 30.7 Å². The molecule has 2 aromatic rings. The zero-order valence-corrected chi connectivity index (χ0v) is 10.2. The smallest absolute Gasteiger partial charge is 0.116 e. The first-order valence-corrected chi connectivity index (χ1v) is 5.58. The maximum absolute atomic E-state index is 8.74. The molecule has 0 saturated carbocycles. The van der Waals surface area contributed by atoms with Crippen molar-refractivity contribution in [3.8, 4) is 17.3 Å². The summed E-state index contributed by atoms with van der Waals surface area (Å²) in [7, 11) is 0. The van der Waals surface area contributed by atoms with E-state index in [1.165, 1.54) is 6.33 Å². The van der Waals surface area contributed by atoms with E-state index in [1.54, 1.807) is 24.4 Å². The number of halogens is 2. The third-order valence-electron chi connectivity index (χ3n) is 2.19. The highest BCUT2D eigenvalue weighted by Gasteiger charge is 2.08. The van der Waals surface area contributed by atoms with Gasteiger partial charge in [0, 0.05) is 27.4 Å². The molecule has 0 atom stereocenters. The molecule has 84 valence electrons. The summed E-state index contributed by atoms with van der Waals surface area (Å²) < 4.78 is 0. The number of hydrogen-bond acceptors (Lipinski definition) is 3. The van der Waals surface area contributed by atoms with Crippen LogP contribution in [0, 0.1) is 11.3 Å². The Labute approximate surface area is 109 Å². The first-order valence-electron chi connectivity index (χ1n) is 4.83. The topological polar surface area (TPSA) is 49.6 Å². The second-order valence-corrected chi connectivity index (χ2v) is 4.26. The van der Waals surface area contributed by atoms with Crippen LogP contribution in [-0.4, -0.2) is 9.97 Å². The van der Waals surface area contributed by atoms with Crippen molar-refractivity contribution in [1.29, 1.82) is 5.26 Å². The Kier molecular flexibility index (Phi) is 3.58. The molecule has 0 bridgehead atoms. The van der Waals surface area contributed by atoms with Gasteiger partial charge in [0.25, 0.3) is 0 Å². The zero-order valence-electron chi connectivity index (χ0n) is 8.69. The van der Waals surface area contributed by atoms with Gasteiger partial charge >= 0.3 is 0 Å². The molecule has 0 amide bonds. The van der Waals surface area contributed by atoms with Gasteiger partial charge in [-0.25, -0.2) is 9.97 Å². The predicted molar refractivity (Wildman–Crippen MR) is 66.8 cm³/mol. The minimum Gasteiger partial charge on any atom is -0.244 e. The summed E-state index contributed by atoms with van der Waals surface area (Å²) in [5, 5.41) is 9.81. The van der Waals surface area contributed by atoms with Crippen molar-refractivity contribution in [2.24, 2.45) is 0 Å². The van der Waals surface area contributed by atoms with Gasteiger partial charge in [-0.2, -0.15) is 5.26 Å². The molecule has 0 aliphatic carbocycles. The molecule has 0 unspecified atom stereocenters. The Morgan fingerprint density at radius 3 is 2.53 bits per heavy atom. The first-order chi connectivity index (χ1) is 8.20. The van der Waals surface area contributed by atoms with Crippen LogP contribution in [0.2, 0.25) is 10.0 Å². The van der Waals surface area contributed by atoms with Crippen LogP contribution < -0.4 is 0 Å². The van der Waals surface area contributed by atoms with Crippen molar-refractivity contribution in [3.05, 3.63) is 46.3 Å². The standard InChI is InChI=1S/C12H7Cl2N3/c13-10-3-9(4-11(14)5-10)12-8(1-2-15)6-16-7-17-12/h3-7H,1H2. The molecule has 0 aliphatic heterocycles. The van der Waals surface area contributed by atoms with Gasteiger partial charge in [0.15, 0.2) is 0 Å². The van der Waals surface area contributed by atoms with Crippen molar-refractivity contribution in [2.75, 3.05) is 0 Å². The lowest BCUT2D eigenvalue weighted by Gasteiger charge is -2.06. The van der Waals surface area contributed by atoms with E-state index >= 15 is 0 Å². The molecule has 17 heavy (non-hydrogen) atoms. The van der Waals surface area contributed by atoms with Gasteiger partial charge in [-0.1, -0.05) is 23.2 Å². The number of rotatable bonds is 2. The third-order valence-corrected chi connectivity index (χ3v) is 2.63. The largest absolute Gasteiger partial charge is 0.244 e. The Morgan fingerprint density at radius 1 is 1.18 bits per heavy atom. The highest BCUT2D eigenvalue weighted by molar-refractivity contribution is 6.35. The molecule has 0 aliphatic rings. The van der Waals surface area contributed by atoms with Crippen molar-refractivity contribution in [1.82, 2.24) is 9.97 Å². The van der Waals surface area contributed by atoms with Crippen LogP contribution >= 0.6 is 23.2 Å². The SMILES string of the molecule is N#CCc1cncnc1-c1cc(Cl)cc(Cl)c1. The minimum atomic E-state index is 0.250. The molecule has 1 aromatic heterocycles.